The van der Waals surface area contributed by atoms with Gasteiger partial charge in [0.05, 0.1) is 18.1 Å². The summed E-state index contributed by atoms with van der Waals surface area (Å²) < 4.78 is 5.17. The first-order chi connectivity index (χ1) is 12.3. The van der Waals surface area contributed by atoms with Crippen LogP contribution in [0, 0.1) is 0 Å². The molecule has 0 saturated heterocycles. The molecule has 3 N–H and O–H groups in total. The first-order valence-corrected chi connectivity index (χ1v) is 8.29. The Morgan fingerprint density at radius 3 is 2.64 bits per heavy atom. The lowest BCUT2D eigenvalue weighted by molar-refractivity contribution is 0.414. The van der Waals surface area contributed by atoms with Crippen molar-refractivity contribution in [3.63, 3.8) is 0 Å². The lowest BCUT2D eigenvalue weighted by atomic mass is 10.2. The fraction of sp³-hybridized carbons (Fsp3) is 0.263. The Bertz CT molecular complexity index is 805. The van der Waals surface area contributed by atoms with Gasteiger partial charge in [-0.2, -0.15) is 0 Å². The Balaban J connectivity index is 1.47. The number of methoxy groups -OCH3 is 1. The molecule has 0 spiro atoms. The fourth-order valence-electron chi connectivity index (χ4n) is 2.57. The van der Waals surface area contributed by atoms with Gasteiger partial charge in [-0.1, -0.05) is 24.3 Å². The average molecular weight is 337 g/mol. The third kappa shape index (κ3) is 4.50. The number of nitrogens with zero attached hydrogens (tertiary/aromatic N) is 2. The number of hydrogen-bond acceptors (Lipinski definition) is 3. The smallest absolute Gasteiger partial charge is 0.191 e. The van der Waals surface area contributed by atoms with Crippen molar-refractivity contribution in [2.24, 2.45) is 4.99 Å². The van der Waals surface area contributed by atoms with E-state index in [4.69, 9.17) is 4.74 Å². The van der Waals surface area contributed by atoms with Gasteiger partial charge in [-0.3, -0.25) is 4.99 Å². The van der Waals surface area contributed by atoms with Crippen LogP contribution in [0.1, 0.15) is 11.4 Å². The van der Waals surface area contributed by atoms with E-state index in [1.54, 1.807) is 14.2 Å². The monoisotopic (exact) mass is 337 g/mol. The van der Waals surface area contributed by atoms with Crippen LogP contribution < -0.4 is 15.4 Å². The summed E-state index contributed by atoms with van der Waals surface area (Å²) in [4.78, 5) is 12.2. The van der Waals surface area contributed by atoms with E-state index in [1.807, 2.05) is 48.5 Å². The van der Waals surface area contributed by atoms with E-state index < -0.39 is 0 Å². The van der Waals surface area contributed by atoms with Gasteiger partial charge in [0.25, 0.3) is 0 Å². The lowest BCUT2D eigenvalue weighted by Gasteiger charge is -2.11. The Morgan fingerprint density at radius 2 is 1.92 bits per heavy atom. The van der Waals surface area contributed by atoms with Crippen molar-refractivity contribution in [2.75, 3.05) is 20.7 Å². The maximum Gasteiger partial charge on any atom is 0.191 e. The molecule has 0 fully saturated rings. The number of fused-ring (bicyclic) bond motifs is 1. The Labute approximate surface area is 147 Å². The minimum atomic E-state index is 0.703. The number of guanidine groups is 1. The molecule has 0 unspecified atom stereocenters. The zero-order valence-corrected chi connectivity index (χ0v) is 14.5. The fourth-order valence-corrected chi connectivity index (χ4v) is 2.57. The van der Waals surface area contributed by atoms with Crippen LogP contribution in [0.15, 0.2) is 53.5 Å². The van der Waals surface area contributed by atoms with E-state index in [0.29, 0.717) is 6.54 Å². The standard InChI is InChI=1S/C19H23N5O/c1-20-19(22-13-14-7-9-15(25-2)10-8-14)21-12-11-18-23-16-5-3-4-6-17(16)24-18/h3-10H,11-13H2,1-2H3,(H,23,24)(H2,20,21,22). The molecule has 0 amide bonds. The maximum absolute atomic E-state index is 5.17. The summed E-state index contributed by atoms with van der Waals surface area (Å²) in [6, 6.07) is 16.0. The molecule has 1 aromatic heterocycles. The molecule has 0 saturated carbocycles. The normalized spacial score (nSPS) is 11.5. The summed E-state index contributed by atoms with van der Waals surface area (Å²) in [5.74, 6) is 2.60. The Morgan fingerprint density at radius 1 is 1.12 bits per heavy atom. The molecule has 130 valence electrons. The molecular formula is C19H23N5O. The SMILES string of the molecule is CN=C(NCCc1nc2ccccc2[nH]1)NCc1ccc(OC)cc1. The van der Waals surface area contributed by atoms with Crippen LogP contribution in [-0.2, 0) is 13.0 Å². The summed E-state index contributed by atoms with van der Waals surface area (Å²) >= 11 is 0. The summed E-state index contributed by atoms with van der Waals surface area (Å²) in [5, 5.41) is 6.61. The highest BCUT2D eigenvalue weighted by atomic mass is 16.5. The number of benzene rings is 2. The molecule has 2 aromatic carbocycles. The van der Waals surface area contributed by atoms with E-state index in [-0.39, 0.29) is 0 Å². The molecule has 0 radical (unpaired) electrons. The molecule has 0 aliphatic carbocycles. The summed E-state index contributed by atoms with van der Waals surface area (Å²) in [6.07, 6.45) is 0.803. The quantitative estimate of drug-likeness (QED) is 0.477. The molecular weight excluding hydrogens is 314 g/mol. The average Bonchev–Trinajstić information content (AvgIpc) is 3.07. The van der Waals surface area contributed by atoms with Crippen molar-refractivity contribution in [1.82, 2.24) is 20.6 Å². The minimum Gasteiger partial charge on any atom is -0.497 e. The van der Waals surface area contributed by atoms with Crippen molar-refractivity contribution in [3.8, 4) is 5.75 Å². The second-order valence-corrected chi connectivity index (χ2v) is 5.65. The lowest BCUT2D eigenvalue weighted by Crippen LogP contribution is -2.37. The summed E-state index contributed by atoms with van der Waals surface area (Å²) in [5.41, 5.74) is 3.24. The first kappa shape index (κ1) is 16.8. The number of imidazole rings is 1. The van der Waals surface area contributed by atoms with Crippen molar-refractivity contribution in [2.45, 2.75) is 13.0 Å². The van der Waals surface area contributed by atoms with Crippen molar-refractivity contribution >= 4 is 17.0 Å². The number of para-hydroxylation sites is 2. The number of aromatic amines is 1. The molecule has 0 bridgehead atoms. The molecule has 6 nitrogen and oxygen atoms in total. The Kier molecular flexibility index (Phi) is 5.51. The zero-order valence-electron chi connectivity index (χ0n) is 14.5. The molecule has 0 aliphatic rings. The van der Waals surface area contributed by atoms with E-state index >= 15 is 0 Å². The molecule has 0 aliphatic heterocycles. The molecule has 3 rings (SSSR count). The number of aromatic nitrogens is 2. The second-order valence-electron chi connectivity index (χ2n) is 5.65. The van der Waals surface area contributed by atoms with Gasteiger partial charge >= 0.3 is 0 Å². The van der Waals surface area contributed by atoms with Crippen LogP contribution in [0.2, 0.25) is 0 Å². The van der Waals surface area contributed by atoms with Crippen LogP contribution in [0.4, 0.5) is 0 Å². The van der Waals surface area contributed by atoms with Gasteiger partial charge in [0.15, 0.2) is 5.96 Å². The number of rotatable bonds is 6. The number of ether oxygens (including phenoxy) is 1. The van der Waals surface area contributed by atoms with Crippen LogP contribution >= 0.6 is 0 Å². The van der Waals surface area contributed by atoms with Crippen LogP contribution in [-0.4, -0.2) is 36.6 Å². The molecule has 0 atom stereocenters. The third-order valence-electron chi connectivity index (χ3n) is 3.94. The number of hydrogen-bond donors (Lipinski definition) is 3. The number of nitrogens with one attached hydrogen (secondary N) is 3. The number of aliphatic imine (C=N–C) groups is 1. The third-order valence-corrected chi connectivity index (χ3v) is 3.94. The van der Waals surface area contributed by atoms with E-state index in [9.17, 15) is 0 Å². The predicted octanol–water partition coefficient (Wildman–Crippen LogP) is 2.48. The van der Waals surface area contributed by atoms with Gasteiger partial charge < -0.3 is 20.4 Å². The van der Waals surface area contributed by atoms with Crippen LogP contribution in [0.25, 0.3) is 11.0 Å². The van der Waals surface area contributed by atoms with Gasteiger partial charge in [-0.05, 0) is 29.8 Å². The summed E-state index contributed by atoms with van der Waals surface area (Å²) in [6.45, 7) is 1.45. The van der Waals surface area contributed by atoms with Crippen LogP contribution in [0.5, 0.6) is 5.75 Å². The Hall–Kier alpha value is -3.02. The maximum atomic E-state index is 5.17. The van der Waals surface area contributed by atoms with Gasteiger partial charge in [-0.15, -0.1) is 0 Å². The molecule has 25 heavy (non-hydrogen) atoms. The minimum absolute atomic E-state index is 0.703. The number of H-pyrrole nitrogens is 1. The van der Waals surface area contributed by atoms with Crippen molar-refractivity contribution in [1.29, 1.82) is 0 Å². The molecule has 3 aromatic rings. The van der Waals surface area contributed by atoms with E-state index in [0.717, 1.165) is 41.5 Å². The first-order valence-electron chi connectivity index (χ1n) is 8.29. The predicted molar refractivity (Wildman–Crippen MR) is 101 cm³/mol. The molecule has 1 heterocycles. The highest BCUT2D eigenvalue weighted by molar-refractivity contribution is 5.79. The van der Waals surface area contributed by atoms with Crippen molar-refractivity contribution < 1.29 is 4.74 Å². The largest absolute Gasteiger partial charge is 0.497 e. The van der Waals surface area contributed by atoms with Gasteiger partial charge in [0.1, 0.15) is 11.6 Å². The zero-order chi connectivity index (χ0) is 17.5. The van der Waals surface area contributed by atoms with Gasteiger partial charge in [0, 0.05) is 26.6 Å². The van der Waals surface area contributed by atoms with Gasteiger partial charge in [0.2, 0.25) is 0 Å². The van der Waals surface area contributed by atoms with E-state index in [2.05, 4.69) is 25.6 Å². The highest BCUT2D eigenvalue weighted by Gasteiger charge is 2.03. The second kappa shape index (κ2) is 8.19. The topological polar surface area (TPSA) is 74.3 Å². The van der Waals surface area contributed by atoms with Crippen LogP contribution in [0.3, 0.4) is 0 Å². The highest BCUT2D eigenvalue weighted by Crippen LogP contribution is 2.11. The van der Waals surface area contributed by atoms with E-state index in [1.165, 1.54) is 5.56 Å². The molecule has 6 heteroatoms. The van der Waals surface area contributed by atoms with Gasteiger partial charge in [-0.25, -0.2) is 4.98 Å². The van der Waals surface area contributed by atoms with Crippen molar-refractivity contribution in [3.05, 3.63) is 59.9 Å². The summed E-state index contributed by atoms with van der Waals surface area (Å²) in [7, 11) is 3.44.